The molecule has 0 saturated heterocycles. The molecule has 0 aromatic heterocycles. The highest BCUT2D eigenvalue weighted by Gasteiger charge is 2.20. The zero-order valence-electron chi connectivity index (χ0n) is 17.2. The fourth-order valence-corrected chi connectivity index (χ4v) is 3.22. The van der Waals surface area contributed by atoms with Crippen molar-refractivity contribution in [2.45, 2.75) is 91.1 Å². The summed E-state index contributed by atoms with van der Waals surface area (Å²) in [5.74, 6) is -0.838. The quantitative estimate of drug-likeness (QED) is 0.298. The lowest BCUT2D eigenvalue weighted by Gasteiger charge is -2.17. The van der Waals surface area contributed by atoms with E-state index in [0.29, 0.717) is 0 Å². The molecule has 0 aliphatic carbocycles. The predicted molar refractivity (Wildman–Crippen MR) is 109 cm³/mol. The fourth-order valence-electron chi connectivity index (χ4n) is 3.22. The fraction of sp³-hybridized carbons (Fsp3) is 0.652. The second-order valence-corrected chi connectivity index (χ2v) is 7.73. The number of hydrogen-bond donors (Lipinski definition) is 1. The summed E-state index contributed by atoms with van der Waals surface area (Å²) in [7, 11) is 0. The summed E-state index contributed by atoms with van der Waals surface area (Å²) >= 11 is 0. The van der Waals surface area contributed by atoms with Crippen LogP contribution in [0.25, 0.3) is 0 Å². The van der Waals surface area contributed by atoms with Gasteiger partial charge in [0.05, 0.1) is 11.1 Å². The van der Waals surface area contributed by atoms with Gasteiger partial charge >= 0.3 is 11.9 Å². The lowest BCUT2D eigenvalue weighted by Crippen LogP contribution is -2.19. The van der Waals surface area contributed by atoms with E-state index in [0.717, 1.165) is 31.6 Å². The number of rotatable bonds is 14. The minimum Gasteiger partial charge on any atom is -0.478 e. The van der Waals surface area contributed by atoms with Crippen LogP contribution in [0.4, 0.5) is 0 Å². The lowest BCUT2D eigenvalue weighted by molar-refractivity contribution is 0.0262. The highest BCUT2D eigenvalue weighted by atomic mass is 16.5. The predicted octanol–water partition coefficient (Wildman–Crippen LogP) is 6.49. The molecule has 1 rings (SSSR count). The zero-order valence-corrected chi connectivity index (χ0v) is 17.2. The number of unbranched alkanes of at least 4 members (excludes halogenated alkanes) is 6. The summed E-state index contributed by atoms with van der Waals surface area (Å²) in [6.45, 7) is 6.55. The van der Waals surface area contributed by atoms with E-state index in [1.807, 2.05) is 6.92 Å². The van der Waals surface area contributed by atoms with Crippen LogP contribution in [0.1, 0.15) is 106 Å². The Balaban J connectivity index is 2.27. The third-order valence-electron chi connectivity index (χ3n) is 4.91. The van der Waals surface area contributed by atoms with Crippen molar-refractivity contribution in [2.24, 2.45) is 5.92 Å². The second kappa shape index (κ2) is 13.3. The Bertz CT molecular complexity index is 565. The third-order valence-corrected chi connectivity index (χ3v) is 4.91. The van der Waals surface area contributed by atoms with Crippen LogP contribution in [0.5, 0.6) is 0 Å². The number of benzene rings is 1. The van der Waals surface area contributed by atoms with Crippen LogP contribution < -0.4 is 0 Å². The standard InChI is InChI=1S/C23H36O4/c1-4-19(15-11-9-7-5-6-8-10-14-18(2)3)27-23(26)21-17-13-12-16-20(21)22(24)25/h12-13,16-19H,4-11,14-15H2,1-3H3,(H,24,25). The first-order valence-electron chi connectivity index (χ1n) is 10.5. The molecule has 1 aromatic carbocycles. The molecule has 1 unspecified atom stereocenters. The number of carbonyl (C=O) groups excluding carboxylic acids is 1. The summed E-state index contributed by atoms with van der Waals surface area (Å²) in [6.07, 6.45) is 11.4. The van der Waals surface area contributed by atoms with Gasteiger partial charge in [-0.25, -0.2) is 9.59 Å². The highest BCUT2D eigenvalue weighted by Crippen LogP contribution is 2.17. The summed E-state index contributed by atoms with van der Waals surface area (Å²) in [6, 6.07) is 6.21. The first kappa shape index (κ1) is 23.2. The van der Waals surface area contributed by atoms with Crippen molar-refractivity contribution in [2.75, 3.05) is 0 Å². The van der Waals surface area contributed by atoms with Crippen LogP contribution >= 0.6 is 0 Å². The first-order chi connectivity index (χ1) is 13.0. The number of carbonyl (C=O) groups is 2. The first-order valence-corrected chi connectivity index (χ1v) is 10.5. The highest BCUT2D eigenvalue weighted by molar-refractivity contribution is 6.02. The van der Waals surface area contributed by atoms with Gasteiger partial charge in [-0.1, -0.05) is 77.8 Å². The number of aromatic carboxylic acids is 1. The Hall–Kier alpha value is -1.84. The summed E-state index contributed by atoms with van der Waals surface area (Å²) in [5, 5.41) is 9.20. The Morgan fingerprint density at radius 3 is 1.93 bits per heavy atom. The van der Waals surface area contributed by atoms with Crippen LogP contribution in [0.3, 0.4) is 0 Å². The van der Waals surface area contributed by atoms with Gasteiger partial charge in [0, 0.05) is 0 Å². The van der Waals surface area contributed by atoms with Crippen molar-refractivity contribution < 1.29 is 19.4 Å². The SMILES string of the molecule is CCC(CCCCCCCCCC(C)C)OC(=O)c1ccccc1C(=O)O. The van der Waals surface area contributed by atoms with E-state index in [2.05, 4.69) is 13.8 Å². The molecular weight excluding hydrogens is 340 g/mol. The molecule has 152 valence electrons. The number of hydrogen-bond acceptors (Lipinski definition) is 3. The number of esters is 1. The molecule has 0 aliphatic rings. The van der Waals surface area contributed by atoms with Gasteiger partial charge in [-0.3, -0.25) is 0 Å². The van der Waals surface area contributed by atoms with Crippen LogP contribution in [0.15, 0.2) is 24.3 Å². The molecule has 0 saturated carbocycles. The molecule has 0 spiro atoms. The molecular formula is C23H36O4. The van der Waals surface area contributed by atoms with Crippen molar-refractivity contribution in [3.8, 4) is 0 Å². The number of carboxylic acids is 1. The van der Waals surface area contributed by atoms with Crippen LogP contribution in [-0.4, -0.2) is 23.1 Å². The van der Waals surface area contributed by atoms with Gasteiger partial charge in [0.2, 0.25) is 0 Å². The molecule has 0 fully saturated rings. The van der Waals surface area contributed by atoms with Gasteiger partial charge in [0.15, 0.2) is 0 Å². The molecule has 0 amide bonds. The largest absolute Gasteiger partial charge is 0.478 e. The molecule has 0 aliphatic heterocycles. The molecule has 27 heavy (non-hydrogen) atoms. The zero-order chi connectivity index (χ0) is 20.1. The van der Waals surface area contributed by atoms with Crippen molar-refractivity contribution in [1.29, 1.82) is 0 Å². The maximum Gasteiger partial charge on any atom is 0.339 e. The van der Waals surface area contributed by atoms with Gasteiger partial charge < -0.3 is 9.84 Å². The number of carboxylic acid groups (broad SMARTS) is 1. The maximum absolute atomic E-state index is 12.3. The van der Waals surface area contributed by atoms with Crippen molar-refractivity contribution in [3.05, 3.63) is 35.4 Å². The summed E-state index contributed by atoms with van der Waals surface area (Å²) in [4.78, 5) is 23.6. The maximum atomic E-state index is 12.3. The molecule has 0 bridgehead atoms. The van der Waals surface area contributed by atoms with Crippen LogP contribution in [0, 0.1) is 5.92 Å². The molecule has 1 aromatic rings. The number of ether oxygens (including phenoxy) is 1. The molecule has 0 radical (unpaired) electrons. The molecule has 4 nitrogen and oxygen atoms in total. The summed E-state index contributed by atoms with van der Waals surface area (Å²) < 4.78 is 5.56. The van der Waals surface area contributed by atoms with Gasteiger partial charge in [-0.2, -0.15) is 0 Å². The third kappa shape index (κ3) is 9.60. The molecule has 4 heteroatoms. The van der Waals surface area contributed by atoms with E-state index >= 15 is 0 Å². The van der Waals surface area contributed by atoms with Gasteiger partial charge in [0.1, 0.15) is 6.10 Å². The topological polar surface area (TPSA) is 63.6 Å². The van der Waals surface area contributed by atoms with Crippen molar-refractivity contribution in [1.82, 2.24) is 0 Å². The van der Waals surface area contributed by atoms with Crippen molar-refractivity contribution >= 4 is 11.9 Å². The Kier molecular flexibility index (Phi) is 11.5. The Morgan fingerprint density at radius 1 is 0.889 bits per heavy atom. The van der Waals surface area contributed by atoms with Gasteiger partial charge in [-0.15, -0.1) is 0 Å². The Morgan fingerprint density at radius 2 is 1.41 bits per heavy atom. The average molecular weight is 377 g/mol. The molecule has 1 N–H and O–H groups in total. The smallest absolute Gasteiger partial charge is 0.339 e. The Labute approximate surface area is 164 Å². The van der Waals surface area contributed by atoms with Crippen LogP contribution in [0.2, 0.25) is 0 Å². The molecule has 1 atom stereocenters. The van der Waals surface area contributed by atoms with E-state index in [9.17, 15) is 14.7 Å². The van der Waals surface area contributed by atoms with E-state index in [1.54, 1.807) is 12.1 Å². The van der Waals surface area contributed by atoms with E-state index < -0.39 is 11.9 Å². The van der Waals surface area contributed by atoms with Crippen LogP contribution in [-0.2, 0) is 4.74 Å². The average Bonchev–Trinajstić information content (AvgIpc) is 2.65. The van der Waals surface area contributed by atoms with E-state index in [-0.39, 0.29) is 17.2 Å². The van der Waals surface area contributed by atoms with Crippen molar-refractivity contribution in [3.63, 3.8) is 0 Å². The van der Waals surface area contributed by atoms with Gasteiger partial charge in [-0.05, 0) is 37.3 Å². The second-order valence-electron chi connectivity index (χ2n) is 7.73. The van der Waals surface area contributed by atoms with Gasteiger partial charge in [0.25, 0.3) is 0 Å². The van der Waals surface area contributed by atoms with E-state index in [1.165, 1.54) is 50.7 Å². The lowest BCUT2D eigenvalue weighted by atomic mass is 10.0. The summed E-state index contributed by atoms with van der Waals surface area (Å²) in [5.41, 5.74) is 0.125. The normalized spacial score (nSPS) is 12.1. The monoisotopic (exact) mass is 376 g/mol. The minimum atomic E-state index is -1.11. The van der Waals surface area contributed by atoms with E-state index in [4.69, 9.17) is 4.74 Å². The molecule has 0 heterocycles. The minimum absolute atomic E-state index is 0.00480.